The zero-order valence-electron chi connectivity index (χ0n) is 17.6. The molecule has 6 aromatic rings. The summed E-state index contributed by atoms with van der Waals surface area (Å²) >= 11 is 0. The van der Waals surface area contributed by atoms with E-state index >= 15 is 0 Å². The number of aromatic nitrogens is 4. The van der Waals surface area contributed by atoms with E-state index in [1.165, 1.54) is 0 Å². The smallest absolute Gasteiger partial charge is 0.286 e. The molecular weight excluding hydrogens is 420 g/mol. The molecule has 0 N–H and O–H groups in total. The van der Waals surface area contributed by atoms with Crippen molar-refractivity contribution in [3.63, 3.8) is 0 Å². The summed E-state index contributed by atoms with van der Waals surface area (Å²) in [6, 6.07) is 25.6. The molecule has 2 aromatic heterocycles. The van der Waals surface area contributed by atoms with Gasteiger partial charge in [-0.2, -0.15) is 0 Å². The summed E-state index contributed by atoms with van der Waals surface area (Å²) in [6.45, 7) is 1.89. The van der Waals surface area contributed by atoms with E-state index in [9.17, 15) is 20.2 Å². The average molecular weight is 438 g/mol. The van der Waals surface area contributed by atoms with Gasteiger partial charge in [-0.25, -0.2) is 0 Å². The van der Waals surface area contributed by atoms with Gasteiger partial charge in [0.25, 0.3) is 22.1 Å². The number of para-hydroxylation sites is 6. The van der Waals surface area contributed by atoms with Crippen LogP contribution in [0.2, 0.25) is 0 Å². The van der Waals surface area contributed by atoms with Crippen LogP contribution in [-0.4, -0.2) is 9.46 Å². The molecule has 8 nitrogen and oxygen atoms in total. The van der Waals surface area contributed by atoms with Crippen molar-refractivity contribution < 1.29 is 8.85 Å². The van der Waals surface area contributed by atoms with Gasteiger partial charge in [-0.3, -0.25) is 0 Å². The highest BCUT2D eigenvalue weighted by atomic mass is 16.5. The van der Waals surface area contributed by atoms with Gasteiger partial charge >= 0.3 is 0 Å². The van der Waals surface area contributed by atoms with Crippen LogP contribution in [0.3, 0.4) is 0 Å². The van der Waals surface area contributed by atoms with Crippen molar-refractivity contribution in [2.75, 3.05) is 0 Å². The van der Waals surface area contributed by atoms with Crippen LogP contribution in [0.15, 0.2) is 91.0 Å². The molecule has 0 saturated carbocycles. The Labute approximate surface area is 186 Å². The summed E-state index contributed by atoms with van der Waals surface area (Å²) in [7, 11) is 0. The second-order valence-electron chi connectivity index (χ2n) is 7.64. The highest BCUT2D eigenvalue weighted by molar-refractivity contribution is 5.84. The van der Waals surface area contributed by atoms with E-state index in [1.807, 2.05) is 13.0 Å². The standard InChI is InChI=1S/C13H10N2O2.C12H8N2O2/c1-9-6-7-12-13(8-9)15(17)11-5-3-2-4-10(11)14(12)16;15-13-9-5-1-2-6-10(9)14(16)12-8-4-3-7-11(12)13/h2-8H,1H3;1-8H. The van der Waals surface area contributed by atoms with E-state index in [-0.39, 0.29) is 0 Å². The molecular formula is C25H18N4O4. The number of fused-ring (bicyclic) bond motifs is 4. The molecule has 8 heteroatoms. The first-order valence-electron chi connectivity index (χ1n) is 10.2. The van der Waals surface area contributed by atoms with Crippen molar-refractivity contribution in [3.8, 4) is 0 Å². The van der Waals surface area contributed by atoms with E-state index in [0.717, 1.165) is 23.9 Å². The van der Waals surface area contributed by atoms with Gasteiger partial charge in [0.1, 0.15) is 22.1 Å². The zero-order chi connectivity index (χ0) is 23.1. The quantitative estimate of drug-likeness (QED) is 0.259. The van der Waals surface area contributed by atoms with Crippen LogP contribution in [0.4, 0.5) is 0 Å². The molecule has 2 heterocycles. The van der Waals surface area contributed by atoms with Crippen LogP contribution in [-0.2, 0) is 0 Å². The summed E-state index contributed by atoms with van der Waals surface area (Å²) in [4.78, 5) is 24.1. The predicted molar refractivity (Wildman–Crippen MR) is 128 cm³/mol. The highest BCUT2D eigenvalue weighted by Crippen LogP contribution is 2.18. The third-order valence-electron chi connectivity index (χ3n) is 5.53. The first kappa shape index (κ1) is 20.2. The Bertz CT molecular complexity index is 1740. The second kappa shape index (κ2) is 7.76. The van der Waals surface area contributed by atoms with Crippen LogP contribution in [0, 0.1) is 27.2 Å². The molecule has 0 aliphatic rings. The molecule has 0 amide bonds. The Morgan fingerprint density at radius 3 is 1.36 bits per heavy atom. The average Bonchev–Trinajstić information content (AvgIpc) is 2.86. The molecule has 0 aliphatic carbocycles. The van der Waals surface area contributed by atoms with E-state index in [4.69, 9.17) is 0 Å². The minimum atomic E-state index is 0.385. The van der Waals surface area contributed by atoms with Gasteiger partial charge in [0.05, 0.1) is 8.85 Å². The molecule has 0 atom stereocenters. The molecule has 0 fully saturated rings. The number of rotatable bonds is 0. The number of hydrogen-bond acceptors (Lipinski definition) is 4. The molecule has 0 unspecified atom stereocenters. The van der Waals surface area contributed by atoms with Crippen LogP contribution < -0.4 is 8.85 Å². The SMILES string of the molecule is Cc1ccc2c(c1)n([O-])c1ccccc1[n+]2=O.O=[n+]1c2ccccc2n([O-])c2ccccc21. The molecule has 6 rings (SSSR count). The minimum Gasteiger partial charge on any atom is -0.805 e. The van der Waals surface area contributed by atoms with Gasteiger partial charge in [-0.15, -0.1) is 0 Å². The second-order valence-corrected chi connectivity index (χ2v) is 7.64. The van der Waals surface area contributed by atoms with Gasteiger partial charge in [0.2, 0.25) is 0 Å². The maximum absolute atomic E-state index is 12.2. The summed E-state index contributed by atoms with van der Waals surface area (Å²) in [5.41, 5.74) is 4.07. The normalized spacial score (nSPS) is 11.1. The molecule has 0 bridgehead atoms. The largest absolute Gasteiger partial charge is 0.805 e. The van der Waals surface area contributed by atoms with Crippen LogP contribution in [0.25, 0.3) is 44.1 Å². The van der Waals surface area contributed by atoms with E-state index in [2.05, 4.69) is 0 Å². The third-order valence-corrected chi connectivity index (χ3v) is 5.53. The predicted octanol–water partition coefficient (Wildman–Crippen LogP) is 4.42. The fourth-order valence-electron chi connectivity index (χ4n) is 3.91. The zero-order valence-corrected chi connectivity index (χ0v) is 17.6. The number of aryl methyl sites for hydroxylation is 1. The lowest BCUT2D eigenvalue weighted by Crippen LogP contribution is -2.19. The molecule has 33 heavy (non-hydrogen) atoms. The van der Waals surface area contributed by atoms with Gasteiger partial charge in [-0.05, 0) is 36.8 Å². The van der Waals surface area contributed by atoms with Crippen molar-refractivity contribution >= 4 is 44.1 Å². The van der Waals surface area contributed by atoms with Crippen molar-refractivity contribution in [2.45, 2.75) is 6.92 Å². The molecule has 0 saturated heterocycles. The fourth-order valence-corrected chi connectivity index (χ4v) is 3.91. The molecule has 0 spiro atoms. The van der Waals surface area contributed by atoms with Crippen molar-refractivity contribution in [1.82, 2.24) is 9.46 Å². The highest BCUT2D eigenvalue weighted by Gasteiger charge is 2.15. The van der Waals surface area contributed by atoms with E-state index in [0.29, 0.717) is 44.1 Å². The fraction of sp³-hybridized carbons (Fsp3) is 0.0400. The third kappa shape index (κ3) is 3.25. The Kier molecular flexibility index (Phi) is 4.75. The number of benzene rings is 4. The Morgan fingerprint density at radius 2 is 0.909 bits per heavy atom. The van der Waals surface area contributed by atoms with Crippen LogP contribution in [0.1, 0.15) is 5.56 Å². The van der Waals surface area contributed by atoms with Crippen molar-refractivity contribution in [2.24, 2.45) is 0 Å². The van der Waals surface area contributed by atoms with Gasteiger partial charge in [0, 0.05) is 34.1 Å². The lowest BCUT2D eigenvalue weighted by atomic mass is 10.2. The van der Waals surface area contributed by atoms with E-state index < -0.39 is 0 Å². The van der Waals surface area contributed by atoms with Crippen LogP contribution >= 0.6 is 0 Å². The summed E-state index contributed by atoms with van der Waals surface area (Å²) in [5.74, 6) is 0. The summed E-state index contributed by atoms with van der Waals surface area (Å²) in [6.07, 6.45) is 0. The first-order chi connectivity index (χ1) is 16.0. The summed E-state index contributed by atoms with van der Waals surface area (Å²) in [5, 5.41) is 24.2. The lowest BCUT2D eigenvalue weighted by molar-refractivity contribution is -0.433. The Hall–Kier alpha value is -4.72. The van der Waals surface area contributed by atoms with Crippen LogP contribution in [0.5, 0.6) is 0 Å². The first-order valence-corrected chi connectivity index (χ1v) is 10.2. The minimum absolute atomic E-state index is 0.385. The van der Waals surface area contributed by atoms with Crippen molar-refractivity contribution in [1.29, 1.82) is 0 Å². The molecule has 4 aromatic carbocycles. The van der Waals surface area contributed by atoms with Gasteiger partial charge in [0.15, 0.2) is 0 Å². The van der Waals surface area contributed by atoms with Gasteiger partial charge < -0.3 is 19.9 Å². The Morgan fingerprint density at radius 1 is 0.545 bits per heavy atom. The van der Waals surface area contributed by atoms with Crippen molar-refractivity contribution in [3.05, 3.63) is 117 Å². The molecule has 162 valence electrons. The lowest BCUT2D eigenvalue weighted by Gasteiger charge is -2.14. The maximum Gasteiger partial charge on any atom is 0.286 e. The molecule has 0 aliphatic heterocycles. The maximum atomic E-state index is 12.2. The number of hydrogen-bond donors (Lipinski definition) is 0. The molecule has 0 radical (unpaired) electrons. The monoisotopic (exact) mass is 438 g/mol. The topological polar surface area (TPSA) is 102 Å². The number of nitrogens with zero attached hydrogens (tertiary/aromatic N) is 4. The summed E-state index contributed by atoms with van der Waals surface area (Å²) < 4.78 is 3.20. The van der Waals surface area contributed by atoms with Gasteiger partial charge in [-0.1, -0.05) is 42.5 Å². The van der Waals surface area contributed by atoms with E-state index in [1.54, 1.807) is 84.9 Å². The Balaban J connectivity index is 0.000000139.